The second kappa shape index (κ2) is 3.82. The van der Waals surface area contributed by atoms with Crippen molar-refractivity contribution in [1.82, 2.24) is 19.5 Å². The number of rotatable bonds is 1. The van der Waals surface area contributed by atoms with Gasteiger partial charge in [-0.2, -0.15) is 0 Å². The molecular weight excluding hydrogens is 236 g/mol. The van der Waals surface area contributed by atoms with Gasteiger partial charge in [0.2, 0.25) is 0 Å². The predicted octanol–water partition coefficient (Wildman–Crippen LogP) is 2.68. The Morgan fingerprint density at radius 3 is 2.88 bits per heavy atom. The van der Waals surface area contributed by atoms with E-state index in [0.29, 0.717) is 5.02 Å². The first-order valence-electron chi connectivity index (χ1n) is 5.15. The van der Waals surface area contributed by atoms with Gasteiger partial charge in [-0.1, -0.05) is 17.7 Å². The zero-order chi connectivity index (χ0) is 11.8. The summed E-state index contributed by atoms with van der Waals surface area (Å²) in [4.78, 5) is 13.0. The molecule has 4 nitrogen and oxygen atoms in total. The zero-order valence-electron chi connectivity index (χ0n) is 9.13. The van der Waals surface area contributed by atoms with Gasteiger partial charge in [0.05, 0.1) is 5.02 Å². The van der Waals surface area contributed by atoms with Gasteiger partial charge >= 0.3 is 0 Å². The van der Waals surface area contributed by atoms with E-state index in [-0.39, 0.29) is 0 Å². The van der Waals surface area contributed by atoms with Crippen LogP contribution >= 0.6 is 11.6 Å². The highest BCUT2D eigenvalue weighted by molar-refractivity contribution is 6.31. The Morgan fingerprint density at radius 2 is 2.12 bits per heavy atom. The summed E-state index contributed by atoms with van der Waals surface area (Å²) >= 11 is 5.90. The number of aromatic nitrogens is 4. The molecule has 0 aromatic carbocycles. The lowest BCUT2D eigenvalue weighted by atomic mass is 10.3. The molecule has 3 rings (SSSR count). The second-order valence-corrected chi connectivity index (χ2v) is 4.14. The molecule has 3 aromatic heterocycles. The lowest BCUT2D eigenvalue weighted by Crippen LogP contribution is -1.94. The van der Waals surface area contributed by atoms with Crippen molar-refractivity contribution in [2.24, 2.45) is 7.05 Å². The van der Waals surface area contributed by atoms with E-state index in [0.717, 1.165) is 22.7 Å². The van der Waals surface area contributed by atoms with E-state index in [1.165, 1.54) is 0 Å². The van der Waals surface area contributed by atoms with Crippen LogP contribution in [0.5, 0.6) is 0 Å². The predicted molar refractivity (Wildman–Crippen MR) is 66.8 cm³/mol. The zero-order valence-corrected chi connectivity index (χ0v) is 9.89. The number of aryl methyl sites for hydroxylation is 1. The number of imidazole rings is 1. The van der Waals surface area contributed by atoms with E-state index in [9.17, 15) is 0 Å². The van der Waals surface area contributed by atoms with Crippen molar-refractivity contribution in [3.63, 3.8) is 0 Å². The maximum absolute atomic E-state index is 5.90. The van der Waals surface area contributed by atoms with Gasteiger partial charge in [-0.15, -0.1) is 0 Å². The van der Waals surface area contributed by atoms with Crippen molar-refractivity contribution in [2.75, 3.05) is 0 Å². The Labute approximate surface area is 103 Å². The summed E-state index contributed by atoms with van der Waals surface area (Å²) < 4.78 is 1.91. The van der Waals surface area contributed by atoms with Crippen molar-refractivity contribution >= 4 is 22.8 Å². The maximum Gasteiger partial charge on any atom is 0.160 e. The molecule has 0 aliphatic carbocycles. The molecule has 0 N–H and O–H groups in total. The Balaban J connectivity index is 2.28. The minimum atomic E-state index is 0.586. The minimum Gasteiger partial charge on any atom is -0.311 e. The van der Waals surface area contributed by atoms with E-state index in [2.05, 4.69) is 15.0 Å². The third kappa shape index (κ3) is 1.66. The Bertz CT molecular complexity index is 676. The van der Waals surface area contributed by atoms with Gasteiger partial charge in [0.25, 0.3) is 0 Å². The summed E-state index contributed by atoms with van der Waals surface area (Å²) in [6.45, 7) is 0. The van der Waals surface area contributed by atoms with Gasteiger partial charge in [0.1, 0.15) is 11.2 Å². The molecule has 0 aliphatic rings. The number of fused-ring (bicyclic) bond motifs is 1. The van der Waals surface area contributed by atoms with Gasteiger partial charge in [-0.3, -0.25) is 4.98 Å². The standard InChI is InChI=1S/C12H9ClN4/c1-17-11-10(6-8(13)7-15-11)16-12(17)9-4-2-3-5-14-9/h2-7H,1H3. The fraction of sp³-hybridized carbons (Fsp3) is 0.0833. The van der Waals surface area contributed by atoms with Gasteiger partial charge in [-0.25, -0.2) is 9.97 Å². The van der Waals surface area contributed by atoms with Crippen LogP contribution in [-0.4, -0.2) is 19.5 Å². The van der Waals surface area contributed by atoms with Crippen LogP contribution in [0.3, 0.4) is 0 Å². The molecule has 17 heavy (non-hydrogen) atoms. The van der Waals surface area contributed by atoms with E-state index in [4.69, 9.17) is 11.6 Å². The van der Waals surface area contributed by atoms with E-state index in [1.54, 1.807) is 18.5 Å². The molecule has 84 valence electrons. The third-order valence-electron chi connectivity index (χ3n) is 2.57. The first-order chi connectivity index (χ1) is 8.25. The fourth-order valence-corrected chi connectivity index (χ4v) is 1.93. The van der Waals surface area contributed by atoms with Crippen molar-refractivity contribution in [3.05, 3.63) is 41.7 Å². The SMILES string of the molecule is Cn1c(-c2ccccn2)nc2cc(Cl)cnc21. The molecule has 0 atom stereocenters. The van der Waals surface area contributed by atoms with E-state index in [1.807, 2.05) is 29.8 Å². The highest BCUT2D eigenvalue weighted by Gasteiger charge is 2.11. The van der Waals surface area contributed by atoms with Crippen LogP contribution in [-0.2, 0) is 7.05 Å². The van der Waals surface area contributed by atoms with Crippen LogP contribution in [0, 0.1) is 0 Å². The molecule has 0 unspecified atom stereocenters. The summed E-state index contributed by atoms with van der Waals surface area (Å²) in [5.74, 6) is 0.787. The van der Waals surface area contributed by atoms with Gasteiger partial charge < -0.3 is 4.57 Å². The van der Waals surface area contributed by atoms with Crippen LogP contribution < -0.4 is 0 Å². The largest absolute Gasteiger partial charge is 0.311 e. The summed E-state index contributed by atoms with van der Waals surface area (Å²) in [6, 6.07) is 7.53. The summed E-state index contributed by atoms with van der Waals surface area (Å²) in [5, 5.41) is 0.586. The van der Waals surface area contributed by atoms with Crippen molar-refractivity contribution in [1.29, 1.82) is 0 Å². The van der Waals surface area contributed by atoms with Crippen molar-refractivity contribution < 1.29 is 0 Å². The van der Waals surface area contributed by atoms with Crippen LogP contribution in [0.4, 0.5) is 0 Å². The smallest absolute Gasteiger partial charge is 0.160 e. The van der Waals surface area contributed by atoms with Gasteiger partial charge in [0, 0.05) is 19.4 Å². The molecule has 0 fully saturated rings. The lowest BCUT2D eigenvalue weighted by molar-refractivity contribution is 0.934. The maximum atomic E-state index is 5.90. The average Bonchev–Trinajstić information content (AvgIpc) is 2.67. The van der Waals surface area contributed by atoms with Crippen molar-refractivity contribution in [2.45, 2.75) is 0 Å². The van der Waals surface area contributed by atoms with Gasteiger partial charge in [-0.05, 0) is 18.2 Å². The molecule has 3 heterocycles. The summed E-state index contributed by atoms with van der Waals surface area (Å²) in [6.07, 6.45) is 3.36. The molecule has 0 bridgehead atoms. The Hall–Kier alpha value is -1.94. The number of hydrogen-bond donors (Lipinski definition) is 0. The number of pyridine rings is 2. The van der Waals surface area contributed by atoms with E-state index < -0.39 is 0 Å². The second-order valence-electron chi connectivity index (χ2n) is 3.71. The first kappa shape index (κ1) is 10.2. The minimum absolute atomic E-state index is 0.586. The molecular formula is C12H9ClN4. The Kier molecular flexibility index (Phi) is 2.30. The average molecular weight is 245 g/mol. The van der Waals surface area contributed by atoms with Crippen molar-refractivity contribution in [3.8, 4) is 11.5 Å². The molecule has 5 heteroatoms. The number of halogens is 1. The molecule has 3 aromatic rings. The first-order valence-corrected chi connectivity index (χ1v) is 5.53. The molecule has 0 spiro atoms. The summed E-state index contributed by atoms with van der Waals surface area (Å²) in [7, 11) is 1.92. The fourth-order valence-electron chi connectivity index (χ4n) is 1.78. The molecule has 0 saturated heterocycles. The van der Waals surface area contributed by atoms with Crippen LogP contribution in [0.25, 0.3) is 22.7 Å². The topological polar surface area (TPSA) is 43.6 Å². The highest BCUT2D eigenvalue weighted by atomic mass is 35.5. The monoisotopic (exact) mass is 244 g/mol. The number of nitrogens with zero attached hydrogens (tertiary/aromatic N) is 4. The molecule has 0 radical (unpaired) electrons. The third-order valence-corrected chi connectivity index (χ3v) is 2.78. The van der Waals surface area contributed by atoms with Gasteiger partial charge in [0.15, 0.2) is 11.5 Å². The Morgan fingerprint density at radius 1 is 1.24 bits per heavy atom. The van der Waals surface area contributed by atoms with E-state index >= 15 is 0 Å². The summed E-state index contributed by atoms with van der Waals surface area (Å²) in [5.41, 5.74) is 2.40. The van der Waals surface area contributed by atoms with Crippen LogP contribution in [0.2, 0.25) is 5.02 Å². The number of hydrogen-bond acceptors (Lipinski definition) is 3. The lowest BCUT2D eigenvalue weighted by Gasteiger charge is -1.99. The molecule has 0 amide bonds. The normalized spacial score (nSPS) is 10.9. The van der Waals surface area contributed by atoms with Crippen LogP contribution in [0.15, 0.2) is 36.7 Å². The highest BCUT2D eigenvalue weighted by Crippen LogP contribution is 2.22. The quantitative estimate of drug-likeness (QED) is 0.661. The van der Waals surface area contributed by atoms with Crippen LogP contribution in [0.1, 0.15) is 0 Å². The molecule has 0 aliphatic heterocycles. The molecule has 0 saturated carbocycles.